The van der Waals surface area contributed by atoms with E-state index >= 15 is 0 Å². The molecule has 5 nitrogen and oxygen atoms in total. The number of piperazine rings is 1. The summed E-state index contributed by atoms with van der Waals surface area (Å²) in [6, 6.07) is 12.0. The summed E-state index contributed by atoms with van der Waals surface area (Å²) < 4.78 is 0. The van der Waals surface area contributed by atoms with Gasteiger partial charge in [0.1, 0.15) is 5.75 Å². The molecule has 0 unspecified atom stereocenters. The average Bonchev–Trinajstić information content (AvgIpc) is 2.74. The molecule has 2 aromatic carbocycles. The van der Waals surface area contributed by atoms with Crippen molar-refractivity contribution >= 4 is 23.4 Å². The molecule has 1 aliphatic rings. The Balaban J connectivity index is 0.00000136. The molecule has 2 aromatic rings. The third-order valence-electron chi connectivity index (χ3n) is 4.40. The Morgan fingerprint density at radius 2 is 1.64 bits per heavy atom. The van der Waals surface area contributed by atoms with Crippen LogP contribution in [0.15, 0.2) is 55.1 Å². The van der Waals surface area contributed by atoms with E-state index in [0.29, 0.717) is 42.3 Å². The van der Waals surface area contributed by atoms with Crippen molar-refractivity contribution in [3.05, 3.63) is 65.7 Å². The summed E-state index contributed by atoms with van der Waals surface area (Å²) in [5, 5.41) is 10.6. The van der Waals surface area contributed by atoms with Crippen molar-refractivity contribution in [3.63, 3.8) is 0 Å². The minimum Gasteiger partial charge on any atom is -0.508 e. The maximum Gasteiger partial charge on any atom is 0.254 e. The third-order valence-corrected chi connectivity index (χ3v) is 4.73. The van der Waals surface area contributed by atoms with Crippen molar-refractivity contribution in [1.29, 1.82) is 0 Å². The number of carbonyl (C=O) groups excluding carboxylic acids is 2. The highest BCUT2D eigenvalue weighted by Crippen LogP contribution is 2.31. The molecule has 0 radical (unpaired) electrons. The molecule has 6 heteroatoms. The fraction of sp³-hybridized carbons (Fsp3) is 0.273. The molecule has 1 saturated heterocycles. The quantitative estimate of drug-likeness (QED) is 0.785. The van der Waals surface area contributed by atoms with Gasteiger partial charge in [0, 0.05) is 42.3 Å². The SMILES string of the molecule is C=CC(=O)N1CCN(C(=O)c2cc(O)cc(-c3ccccc3Cl)c2)CC1.CC. The number of nitrogens with zero attached hydrogens (tertiary/aromatic N) is 2. The fourth-order valence-corrected chi connectivity index (χ4v) is 3.27. The summed E-state index contributed by atoms with van der Waals surface area (Å²) >= 11 is 6.23. The van der Waals surface area contributed by atoms with E-state index in [9.17, 15) is 14.7 Å². The summed E-state index contributed by atoms with van der Waals surface area (Å²) in [5.74, 6) is -0.304. The van der Waals surface area contributed by atoms with Gasteiger partial charge in [0.2, 0.25) is 5.91 Å². The number of benzene rings is 2. The first kappa shape index (κ1) is 21.5. The van der Waals surface area contributed by atoms with Gasteiger partial charge in [-0.25, -0.2) is 0 Å². The van der Waals surface area contributed by atoms with E-state index in [1.807, 2.05) is 32.0 Å². The molecule has 1 N–H and O–H groups in total. The molecule has 0 bridgehead atoms. The van der Waals surface area contributed by atoms with Gasteiger partial charge < -0.3 is 14.9 Å². The minimum absolute atomic E-state index is 0.00578. The Kier molecular flexibility index (Phi) is 7.64. The lowest BCUT2D eigenvalue weighted by Crippen LogP contribution is -2.50. The summed E-state index contributed by atoms with van der Waals surface area (Å²) in [7, 11) is 0. The first-order valence-corrected chi connectivity index (χ1v) is 9.67. The number of hydrogen-bond donors (Lipinski definition) is 1. The highest BCUT2D eigenvalue weighted by Gasteiger charge is 2.24. The van der Waals surface area contributed by atoms with Gasteiger partial charge in [-0.3, -0.25) is 9.59 Å². The largest absolute Gasteiger partial charge is 0.508 e. The summed E-state index contributed by atoms with van der Waals surface area (Å²) in [5.41, 5.74) is 1.82. The Morgan fingerprint density at radius 3 is 2.25 bits per heavy atom. The number of aromatic hydroxyl groups is 1. The van der Waals surface area contributed by atoms with E-state index in [2.05, 4.69) is 6.58 Å². The zero-order valence-electron chi connectivity index (χ0n) is 16.2. The van der Waals surface area contributed by atoms with Gasteiger partial charge in [-0.15, -0.1) is 0 Å². The van der Waals surface area contributed by atoms with Crippen LogP contribution in [0.5, 0.6) is 5.75 Å². The molecule has 0 saturated carbocycles. The molecule has 2 amide bonds. The lowest BCUT2D eigenvalue weighted by atomic mass is 10.0. The summed E-state index contributed by atoms with van der Waals surface area (Å²) in [4.78, 5) is 27.8. The van der Waals surface area contributed by atoms with Crippen molar-refractivity contribution < 1.29 is 14.7 Å². The zero-order chi connectivity index (χ0) is 20.7. The first-order chi connectivity index (χ1) is 13.5. The number of halogens is 1. The van der Waals surface area contributed by atoms with Crippen molar-refractivity contribution in [2.45, 2.75) is 13.8 Å². The maximum atomic E-state index is 12.8. The van der Waals surface area contributed by atoms with Gasteiger partial charge in [0.05, 0.1) is 0 Å². The highest BCUT2D eigenvalue weighted by atomic mass is 35.5. The van der Waals surface area contributed by atoms with E-state index in [-0.39, 0.29) is 17.6 Å². The molecule has 148 valence electrons. The van der Waals surface area contributed by atoms with Crippen molar-refractivity contribution in [2.75, 3.05) is 26.2 Å². The molecule has 0 aromatic heterocycles. The standard InChI is InChI=1S/C20H19ClN2O3.C2H6/c1-2-19(25)22-7-9-23(10-8-22)20(26)15-11-14(12-16(24)13-15)17-5-3-4-6-18(17)21;1-2/h2-6,11-13,24H,1,7-10H2;1-2H3. The number of rotatable bonds is 3. The number of phenols is 1. The minimum atomic E-state index is -0.181. The molecule has 0 aliphatic carbocycles. The number of amides is 2. The van der Waals surface area contributed by atoms with Crippen molar-refractivity contribution in [3.8, 4) is 16.9 Å². The monoisotopic (exact) mass is 400 g/mol. The lowest BCUT2D eigenvalue weighted by molar-refractivity contribution is -0.127. The van der Waals surface area contributed by atoms with Crippen LogP contribution < -0.4 is 0 Å². The van der Waals surface area contributed by atoms with Gasteiger partial charge >= 0.3 is 0 Å². The molecular formula is C22H25ClN2O3. The van der Waals surface area contributed by atoms with Crippen LogP contribution in [0.4, 0.5) is 0 Å². The smallest absolute Gasteiger partial charge is 0.254 e. The van der Waals surface area contributed by atoms with Crippen LogP contribution in [0, 0.1) is 0 Å². The Bertz CT molecular complexity index is 859. The van der Waals surface area contributed by atoms with Gasteiger partial charge in [-0.2, -0.15) is 0 Å². The second-order valence-electron chi connectivity index (χ2n) is 6.07. The van der Waals surface area contributed by atoms with Crippen LogP contribution in [-0.4, -0.2) is 52.9 Å². The van der Waals surface area contributed by atoms with Gasteiger partial charge in [-0.05, 0) is 35.9 Å². The van der Waals surface area contributed by atoms with E-state index in [1.54, 1.807) is 28.0 Å². The van der Waals surface area contributed by atoms with E-state index < -0.39 is 0 Å². The zero-order valence-corrected chi connectivity index (χ0v) is 16.9. The van der Waals surface area contributed by atoms with Crippen LogP contribution in [0.2, 0.25) is 5.02 Å². The number of hydrogen-bond acceptors (Lipinski definition) is 3. The second kappa shape index (κ2) is 9.95. The molecule has 1 heterocycles. The van der Waals surface area contributed by atoms with Crippen LogP contribution in [0.25, 0.3) is 11.1 Å². The molecule has 0 spiro atoms. The van der Waals surface area contributed by atoms with Crippen LogP contribution in [0.3, 0.4) is 0 Å². The Hall–Kier alpha value is -2.79. The Labute approximate surface area is 170 Å². The molecule has 1 fully saturated rings. The maximum absolute atomic E-state index is 12.8. The van der Waals surface area contributed by atoms with E-state index in [4.69, 9.17) is 11.6 Å². The molecule has 28 heavy (non-hydrogen) atoms. The molecule has 1 aliphatic heterocycles. The summed E-state index contributed by atoms with van der Waals surface area (Å²) in [6.45, 7) is 9.29. The van der Waals surface area contributed by atoms with Gasteiger partial charge in [0.15, 0.2) is 0 Å². The Morgan fingerprint density at radius 1 is 1.04 bits per heavy atom. The lowest BCUT2D eigenvalue weighted by Gasteiger charge is -2.34. The fourth-order valence-electron chi connectivity index (χ4n) is 3.03. The van der Waals surface area contributed by atoms with E-state index in [0.717, 1.165) is 5.56 Å². The first-order valence-electron chi connectivity index (χ1n) is 9.29. The molecule has 0 atom stereocenters. The second-order valence-corrected chi connectivity index (χ2v) is 6.48. The summed E-state index contributed by atoms with van der Waals surface area (Å²) in [6.07, 6.45) is 1.28. The van der Waals surface area contributed by atoms with Crippen LogP contribution >= 0.6 is 11.6 Å². The molecular weight excluding hydrogens is 376 g/mol. The predicted octanol–water partition coefficient (Wildman–Crippen LogP) is 4.21. The number of carbonyl (C=O) groups is 2. The normalized spacial score (nSPS) is 13.4. The topological polar surface area (TPSA) is 60.9 Å². The van der Waals surface area contributed by atoms with Crippen molar-refractivity contribution in [1.82, 2.24) is 9.80 Å². The van der Waals surface area contributed by atoms with E-state index in [1.165, 1.54) is 12.1 Å². The van der Waals surface area contributed by atoms with Crippen LogP contribution in [-0.2, 0) is 4.79 Å². The van der Waals surface area contributed by atoms with Gasteiger partial charge in [0.25, 0.3) is 5.91 Å². The van der Waals surface area contributed by atoms with Gasteiger partial charge in [-0.1, -0.05) is 50.2 Å². The van der Waals surface area contributed by atoms with Crippen LogP contribution in [0.1, 0.15) is 24.2 Å². The molecule has 3 rings (SSSR count). The van der Waals surface area contributed by atoms with Crippen molar-refractivity contribution in [2.24, 2.45) is 0 Å². The number of phenolic OH excluding ortho intramolecular Hbond substituents is 1. The predicted molar refractivity (Wildman–Crippen MR) is 113 cm³/mol. The average molecular weight is 401 g/mol. The highest BCUT2D eigenvalue weighted by molar-refractivity contribution is 6.33. The third kappa shape index (κ3) is 4.93.